The largest absolute Gasteiger partial charge is 0.379 e. The molecule has 0 aliphatic heterocycles. The molecule has 1 aromatic carbocycles. The highest BCUT2D eigenvalue weighted by Crippen LogP contribution is 2.26. The van der Waals surface area contributed by atoms with E-state index < -0.39 is 0 Å². The number of halogens is 1. The van der Waals surface area contributed by atoms with Crippen LogP contribution in [0.3, 0.4) is 0 Å². The summed E-state index contributed by atoms with van der Waals surface area (Å²) in [6.07, 6.45) is 6.05. The van der Waals surface area contributed by atoms with Gasteiger partial charge >= 0.3 is 0 Å². The Kier molecular flexibility index (Phi) is 7.87. The van der Waals surface area contributed by atoms with Crippen LogP contribution >= 0.6 is 22.6 Å². The molecule has 20 heavy (non-hydrogen) atoms. The third-order valence-corrected chi connectivity index (χ3v) is 3.85. The van der Waals surface area contributed by atoms with E-state index in [4.69, 9.17) is 0 Å². The molecule has 0 aromatic heterocycles. The van der Waals surface area contributed by atoms with Gasteiger partial charge in [-0.15, -0.1) is 0 Å². The van der Waals surface area contributed by atoms with Crippen molar-refractivity contribution in [1.82, 2.24) is 0 Å². The van der Waals surface area contributed by atoms with Crippen molar-refractivity contribution in [2.75, 3.05) is 11.9 Å². The Bertz CT molecular complexity index is 436. The molecule has 0 saturated carbocycles. The second kappa shape index (κ2) is 9.15. The van der Waals surface area contributed by atoms with Crippen molar-refractivity contribution in [3.05, 3.63) is 31.9 Å². The van der Waals surface area contributed by atoms with E-state index in [0.717, 1.165) is 22.5 Å². The molecule has 1 N–H and O–H groups in total. The van der Waals surface area contributed by atoms with E-state index in [0.29, 0.717) is 5.69 Å². The minimum absolute atomic E-state index is 0.164. The Labute approximate surface area is 134 Å². The first-order chi connectivity index (χ1) is 9.50. The molecule has 5 heteroatoms. The molecule has 0 spiro atoms. The molecule has 1 aromatic rings. The number of anilines is 1. The van der Waals surface area contributed by atoms with Crippen LogP contribution in [-0.2, 0) is 0 Å². The fraction of sp³-hybridized carbons (Fsp3) is 0.600. The van der Waals surface area contributed by atoms with Gasteiger partial charge in [0.05, 0.1) is 4.92 Å². The minimum atomic E-state index is -0.326. The number of nitrogens with one attached hydrogen (secondary N) is 1. The first-order valence-corrected chi connectivity index (χ1v) is 8.26. The van der Waals surface area contributed by atoms with E-state index in [2.05, 4.69) is 41.8 Å². The Morgan fingerprint density at radius 3 is 2.60 bits per heavy atom. The predicted octanol–water partition coefficient (Wildman–Crippen LogP) is 5.22. The van der Waals surface area contributed by atoms with Crippen LogP contribution in [-0.4, -0.2) is 11.5 Å². The predicted molar refractivity (Wildman–Crippen MR) is 92.2 cm³/mol. The van der Waals surface area contributed by atoms with Gasteiger partial charge in [-0.05, 0) is 47.1 Å². The topological polar surface area (TPSA) is 55.2 Å². The Balaban J connectivity index is 2.30. The van der Waals surface area contributed by atoms with Gasteiger partial charge in [-0.3, -0.25) is 10.1 Å². The molecule has 0 bridgehead atoms. The monoisotopic (exact) mass is 390 g/mol. The maximum atomic E-state index is 11.0. The molecular weight excluding hydrogens is 367 g/mol. The molecular formula is C15H23IN2O2. The Morgan fingerprint density at radius 1 is 1.25 bits per heavy atom. The lowest BCUT2D eigenvalue weighted by Gasteiger charge is -2.08. The van der Waals surface area contributed by atoms with E-state index >= 15 is 0 Å². The van der Waals surface area contributed by atoms with Gasteiger partial charge in [0.15, 0.2) is 0 Å². The van der Waals surface area contributed by atoms with Crippen LogP contribution in [0.1, 0.15) is 46.0 Å². The highest BCUT2D eigenvalue weighted by Gasteiger charge is 2.13. The number of nitro groups is 1. The zero-order valence-corrected chi connectivity index (χ0v) is 14.4. The molecule has 0 unspecified atom stereocenters. The van der Waals surface area contributed by atoms with Crippen molar-refractivity contribution in [2.45, 2.75) is 46.0 Å². The molecule has 4 nitrogen and oxygen atoms in total. The van der Waals surface area contributed by atoms with Gasteiger partial charge in [0.1, 0.15) is 5.69 Å². The summed E-state index contributed by atoms with van der Waals surface area (Å²) in [6.45, 7) is 5.29. The van der Waals surface area contributed by atoms with E-state index in [1.807, 2.05) is 6.07 Å². The van der Waals surface area contributed by atoms with Crippen LogP contribution in [0.2, 0.25) is 0 Å². The SMILES string of the molecule is CC(C)CCCCCCNc1ccc(I)cc1[N+](=O)[O-]. The summed E-state index contributed by atoms with van der Waals surface area (Å²) in [5.41, 5.74) is 0.786. The Morgan fingerprint density at radius 2 is 1.95 bits per heavy atom. The Hall–Kier alpha value is -0.850. The molecule has 112 valence electrons. The van der Waals surface area contributed by atoms with Crippen LogP contribution in [0.25, 0.3) is 0 Å². The lowest BCUT2D eigenvalue weighted by Crippen LogP contribution is -2.04. The molecule has 0 heterocycles. The summed E-state index contributed by atoms with van der Waals surface area (Å²) in [5, 5.41) is 14.2. The fourth-order valence-corrected chi connectivity index (χ4v) is 2.53. The van der Waals surface area contributed by atoms with Gasteiger partial charge < -0.3 is 5.32 Å². The third kappa shape index (κ3) is 6.54. The highest BCUT2D eigenvalue weighted by atomic mass is 127. The molecule has 0 radical (unpaired) electrons. The van der Waals surface area contributed by atoms with Crippen LogP contribution in [0, 0.1) is 19.6 Å². The van der Waals surface area contributed by atoms with Crippen LogP contribution < -0.4 is 5.32 Å². The highest BCUT2D eigenvalue weighted by molar-refractivity contribution is 14.1. The maximum Gasteiger partial charge on any atom is 0.293 e. The molecule has 0 fully saturated rings. The van der Waals surface area contributed by atoms with Crippen molar-refractivity contribution in [2.24, 2.45) is 5.92 Å². The van der Waals surface area contributed by atoms with E-state index in [1.165, 1.54) is 25.7 Å². The second-order valence-corrected chi connectivity index (χ2v) is 6.69. The number of benzene rings is 1. The quantitative estimate of drug-likeness (QED) is 0.272. The number of nitro benzene ring substituents is 1. The van der Waals surface area contributed by atoms with Crippen molar-refractivity contribution in [3.63, 3.8) is 0 Å². The average Bonchev–Trinajstić information content (AvgIpc) is 2.38. The number of rotatable bonds is 9. The standard InChI is InChI=1S/C15H23IN2O2/c1-12(2)7-5-3-4-6-10-17-14-9-8-13(16)11-15(14)18(19)20/h8-9,11-12,17H,3-7,10H2,1-2H3. The van der Waals surface area contributed by atoms with Gasteiger partial charge in [0.25, 0.3) is 5.69 Å². The lowest BCUT2D eigenvalue weighted by atomic mass is 10.0. The van der Waals surface area contributed by atoms with Gasteiger partial charge in [0.2, 0.25) is 0 Å². The first kappa shape index (κ1) is 17.2. The number of unbranched alkanes of at least 4 members (excludes halogenated alkanes) is 3. The summed E-state index contributed by atoms with van der Waals surface area (Å²) in [6, 6.07) is 5.28. The number of nitrogens with zero attached hydrogens (tertiary/aromatic N) is 1. The fourth-order valence-electron chi connectivity index (χ4n) is 2.06. The van der Waals surface area contributed by atoms with Crippen molar-refractivity contribution < 1.29 is 4.92 Å². The molecule has 0 aliphatic carbocycles. The maximum absolute atomic E-state index is 11.0. The summed E-state index contributed by atoms with van der Waals surface area (Å²) < 4.78 is 0.883. The molecule has 1 rings (SSSR count). The van der Waals surface area contributed by atoms with E-state index in [-0.39, 0.29) is 10.6 Å². The van der Waals surface area contributed by atoms with Crippen LogP contribution in [0.4, 0.5) is 11.4 Å². The van der Waals surface area contributed by atoms with Gasteiger partial charge in [-0.25, -0.2) is 0 Å². The zero-order chi connectivity index (χ0) is 15.0. The molecule has 0 aliphatic rings. The molecule has 0 atom stereocenters. The van der Waals surface area contributed by atoms with Crippen LogP contribution in [0.15, 0.2) is 18.2 Å². The lowest BCUT2D eigenvalue weighted by molar-refractivity contribution is -0.384. The van der Waals surface area contributed by atoms with Crippen molar-refractivity contribution in [3.8, 4) is 0 Å². The second-order valence-electron chi connectivity index (χ2n) is 5.44. The molecule has 0 amide bonds. The normalized spacial score (nSPS) is 10.8. The number of hydrogen-bond donors (Lipinski definition) is 1. The first-order valence-electron chi connectivity index (χ1n) is 7.18. The summed E-state index contributed by atoms with van der Waals surface area (Å²) in [7, 11) is 0. The summed E-state index contributed by atoms with van der Waals surface area (Å²) >= 11 is 2.09. The van der Waals surface area contributed by atoms with Gasteiger partial charge in [-0.1, -0.05) is 39.5 Å². The average molecular weight is 390 g/mol. The molecule has 0 saturated heterocycles. The summed E-state index contributed by atoms with van der Waals surface area (Å²) in [4.78, 5) is 10.6. The van der Waals surface area contributed by atoms with Gasteiger partial charge in [-0.2, -0.15) is 0 Å². The van der Waals surface area contributed by atoms with E-state index in [1.54, 1.807) is 12.1 Å². The van der Waals surface area contributed by atoms with Crippen molar-refractivity contribution >= 4 is 34.0 Å². The number of hydrogen-bond acceptors (Lipinski definition) is 3. The van der Waals surface area contributed by atoms with Gasteiger partial charge in [0, 0.05) is 16.2 Å². The third-order valence-electron chi connectivity index (χ3n) is 3.18. The minimum Gasteiger partial charge on any atom is -0.379 e. The van der Waals surface area contributed by atoms with Crippen LogP contribution in [0.5, 0.6) is 0 Å². The van der Waals surface area contributed by atoms with E-state index in [9.17, 15) is 10.1 Å². The smallest absolute Gasteiger partial charge is 0.293 e. The summed E-state index contributed by atoms with van der Waals surface area (Å²) in [5.74, 6) is 0.780. The van der Waals surface area contributed by atoms with Crippen molar-refractivity contribution in [1.29, 1.82) is 0 Å². The zero-order valence-electron chi connectivity index (χ0n) is 12.2.